The molecule has 2 nitrogen and oxygen atoms in total. The predicted octanol–water partition coefficient (Wildman–Crippen LogP) is 5.89. The van der Waals surface area contributed by atoms with Crippen molar-refractivity contribution in [2.24, 2.45) is 0 Å². The van der Waals surface area contributed by atoms with Gasteiger partial charge in [0.05, 0.1) is 11.6 Å². The monoisotopic (exact) mass is 352 g/mol. The number of hydrogen-bond donors (Lipinski definition) is 0. The maximum atomic E-state index is 13.2. The van der Waals surface area contributed by atoms with E-state index in [1.165, 1.54) is 12.1 Å². The van der Waals surface area contributed by atoms with Crippen LogP contribution in [0.2, 0.25) is 0 Å². The molecule has 0 amide bonds. The van der Waals surface area contributed by atoms with Gasteiger partial charge in [-0.15, -0.1) is 0 Å². The minimum Gasteiger partial charge on any atom is -0.342 e. The first-order valence-electron chi connectivity index (χ1n) is 8.74. The molecule has 0 saturated heterocycles. The van der Waals surface area contributed by atoms with E-state index in [0.717, 1.165) is 27.6 Å². The Hall–Kier alpha value is -3.64. The molecule has 0 bridgehead atoms. The predicted molar refractivity (Wildman–Crippen MR) is 107 cm³/mol. The zero-order valence-corrected chi connectivity index (χ0v) is 14.6. The normalized spacial score (nSPS) is 11.5. The zero-order valence-electron chi connectivity index (χ0n) is 14.6. The molecule has 0 N–H and O–H groups in total. The minimum absolute atomic E-state index is 0.235. The molecule has 0 spiro atoms. The first-order valence-corrected chi connectivity index (χ1v) is 8.74. The van der Waals surface area contributed by atoms with Crippen molar-refractivity contribution in [3.63, 3.8) is 0 Å². The van der Waals surface area contributed by atoms with Crippen molar-refractivity contribution < 1.29 is 4.39 Å². The fourth-order valence-corrected chi connectivity index (χ4v) is 3.26. The lowest BCUT2D eigenvalue weighted by atomic mass is 10.0. The molecule has 4 rings (SSSR count). The third-order valence-electron chi connectivity index (χ3n) is 4.59. The zero-order chi connectivity index (χ0) is 18.6. The molecule has 0 saturated carbocycles. The van der Waals surface area contributed by atoms with E-state index >= 15 is 0 Å². The van der Waals surface area contributed by atoms with E-state index in [9.17, 15) is 9.65 Å². The summed E-state index contributed by atoms with van der Waals surface area (Å²) in [7, 11) is 0. The molecule has 1 heterocycles. The molecule has 0 unspecified atom stereocenters. The molecule has 0 aliphatic rings. The fourth-order valence-electron chi connectivity index (χ4n) is 3.26. The lowest BCUT2D eigenvalue weighted by Crippen LogP contribution is -1.97. The average molecular weight is 352 g/mol. The molecule has 0 atom stereocenters. The smallest absolute Gasteiger partial charge is 0.123 e. The van der Waals surface area contributed by atoms with Gasteiger partial charge in [0.25, 0.3) is 0 Å². The van der Waals surface area contributed by atoms with Gasteiger partial charge in [0.2, 0.25) is 0 Å². The van der Waals surface area contributed by atoms with E-state index in [0.29, 0.717) is 12.1 Å². The second-order valence-electron chi connectivity index (χ2n) is 6.39. The number of hydrogen-bond acceptors (Lipinski definition) is 1. The molecular weight excluding hydrogens is 335 g/mol. The van der Waals surface area contributed by atoms with Crippen LogP contribution >= 0.6 is 0 Å². The van der Waals surface area contributed by atoms with Gasteiger partial charge >= 0.3 is 0 Å². The van der Waals surface area contributed by atoms with Gasteiger partial charge in [0.1, 0.15) is 5.82 Å². The Morgan fingerprint density at radius 2 is 1.63 bits per heavy atom. The van der Waals surface area contributed by atoms with Gasteiger partial charge in [-0.2, -0.15) is 5.26 Å². The molecule has 0 radical (unpaired) electrons. The van der Waals surface area contributed by atoms with Crippen LogP contribution in [-0.4, -0.2) is 4.57 Å². The highest BCUT2D eigenvalue weighted by Crippen LogP contribution is 2.26. The lowest BCUT2D eigenvalue weighted by molar-refractivity contribution is 0.626. The number of nitriles is 1. The topological polar surface area (TPSA) is 28.7 Å². The van der Waals surface area contributed by atoms with Crippen molar-refractivity contribution in [2.45, 2.75) is 6.54 Å². The Kier molecular flexibility index (Phi) is 4.55. The molecule has 27 heavy (non-hydrogen) atoms. The van der Waals surface area contributed by atoms with Gasteiger partial charge in [-0.25, -0.2) is 4.39 Å². The molecule has 1 aromatic heterocycles. The van der Waals surface area contributed by atoms with E-state index in [4.69, 9.17) is 0 Å². The molecule has 0 aliphatic carbocycles. The van der Waals surface area contributed by atoms with Crippen LogP contribution in [0, 0.1) is 17.1 Å². The van der Waals surface area contributed by atoms with Crippen LogP contribution in [0.3, 0.4) is 0 Å². The molecule has 3 heteroatoms. The first-order chi connectivity index (χ1) is 13.2. The highest BCUT2D eigenvalue weighted by molar-refractivity contribution is 5.98. The summed E-state index contributed by atoms with van der Waals surface area (Å²) in [6, 6.07) is 26.6. The molecule has 130 valence electrons. The molecule has 0 aliphatic heterocycles. The summed E-state index contributed by atoms with van der Waals surface area (Å²) in [4.78, 5) is 0. The number of aromatic nitrogens is 1. The largest absolute Gasteiger partial charge is 0.342 e. The van der Waals surface area contributed by atoms with Gasteiger partial charge in [0.15, 0.2) is 0 Å². The van der Waals surface area contributed by atoms with Gasteiger partial charge in [-0.1, -0.05) is 60.7 Å². The minimum atomic E-state index is -0.235. The standard InChI is InChI=1S/C24H17FN2/c25-22-12-10-18(11-13-22)16-27-17-21(23-8-4-5-9-24(23)27)14-20(15-26)19-6-2-1-3-7-19/h1-14,17H,16H2/b20-14+. The summed E-state index contributed by atoms with van der Waals surface area (Å²) in [5, 5.41) is 10.7. The Labute approximate surface area is 157 Å². The van der Waals surface area contributed by atoms with E-state index in [-0.39, 0.29) is 5.82 Å². The SMILES string of the molecule is N#C/C(=C\c1cn(Cc2ccc(F)cc2)c2ccccc12)c1ccccc1. The Balaban J connectivity index is 1.79. The van der Waals surface area contributed by atoms with Crippen LogP contribution in [-0.2, 0) is 6.54 Å². The molecular formula is C24H17FN2. The highest BCUT2D eigenvalue weighted by atomic mass is 19.1. The first kappa shape index (κ1) is 16.8. The van der Waals surface area contributed by atoms with Gasteiger partial charge < -0.3 is 4.57 Å². The van der Waals surface area contributed by atoms with Gasteiger partial charge in [0, 0.05) is 29.2 Å². The number of fused-ring (bicyclic) bond motifs is 1. The Morgan fingerprint density at radius 1 is 0.926 bits per heavy atom. The number of halogens is 1. The number of allylic oxidation sites excluding steroid dienone is 1. The lowest BCUT2D eigenvalue weighted by Gasteiger charge is -2.05. The summed E-state index contributed by atoms with van der Waals surface area (Å²) in [6.45, 7) is 0.641. The maximum absolute atomic E-state index is 13.2. The van der Waals surface area contributed by atoms with E-state index in [1.54, 1.807) is 12.1 Å². The average Bonchev–Trinajstić information content (AvgIpc) is 3.06. The second-order valence-corrected chi connectivity index (χ2v) is 6.39. The Morgan fingerprint density at radius 3 is 2.37 bits per heavy atom. The van der Waals surface area contributed by atoms with Crippen molar-refractivity contribution in [2.75, 3.05) is 0 Å². The quantitative estimate of drug-likeness (QED) is 0.421. The van der Waals surface area contributed by atoms with E-state index in [1.807, 2.05) is 54.7 Å². The van der Waals surface area contributed by atoms with Crippen LogP contribution in [0.1, 0.15) is 16.7 Å². The van der Waals surface area contributed by atoms with Crippen molar-refractivity contribution in [1.82, 2.24) is 4.57 Å². The van der Waals surface area contributed by atoms with Crippen molar-refractivity contribution in [1.29, 1.82) is 5.26 Å². The van der Waals surface area contributed by atoms with Crippen molar-refractivity contribution >= 4 is 22.6 Å². The Bertz CT molecular complexity index is 1150. The van der Waals surface area contributed by atoms with Crippen LogP contribution in [0.15, 0.2) is 85.1 Å². The summed E-state index contributed by atoms with van der Waals surface area (Å²) >= 11 is 0. The number of para-hydroxylation sites is 1. The van der Waals surface area contributed by atoms with Crippen LogP contribution < -0.4 is 0 Å². The number of rotatable bonds is 4. The van der Waals surface area contributed by atoms with Crippen LogP contribution in [0.25, 0.3) is 22.6 Å². The third kappa shape index (κ3) is 3.51. The number of benzene rings is 3. The summed E-state index contributed by atoms with van der Waals surface area (Å²) in [5.41, 5.74) is 4.62. The molecule has 0 fully saturated rings. The van der Waals surface area contributed by atoms with Crippen molar-refractivity contribution in [3.05, 3.63) is 108 Å². The second kappa shape index (κ2) is 7.31. The van der Waals surface area contributed by atoms with Crippen LogP contribution in [0.5, 0.6) is 0 Å². The van der Waals surface area contributed by atoms with E-state index < -0.39 is 0 Å². The van der Waals surface area contributed by atoms with Crippen molar-refractivity contribution in [3.8, 4) is 6.07 Å². The fraction of sp³-hybridized carbons (Fsp3) is 0.0417. The van der Waals surface area contributed by atoms with Crippen LogP contribution in [0.4, 0.5) is 4.39 Å². The number of nitrogens with zero attached hydrogens (tertiary/aromatic N) is 2. The van der Waals surface area contributed by atoms with E-state index in [2.05, 4.69) is 22.8 Å². The highest BCUT2D eigenvalue weighted by Gasteiger charge is 2.09. The van der Waals surface area contributed by atoms with Gasteiger partial charge in [-0.3, -0.25) is 0 Å². The molecule has 4 aromatic rings. The van der Waals surface area contributed by atoms with Gasteiger partial charge in [-0.05, 0) is 35.4 Å². The summed E-state index contributed by atoms with van der Waals surface area (Å²) in [6.07, 6.45) is 3.98. The summed E-state index contributed by atoms with van der Waals surface area (Å²) < 4.78 is 15.3. The maximum Gasteiger partial charge on any atom is 0.123 e. The summed E-state index contributed by atoms with van der Waals surface area (Å²) in [5.74, 6) is -0.235. The third-order valence-corrected chi connectivity index (χ3v) is 4.59. The molecule has 3 aromatic carbocycles.